The van der Waals surface area contributed by atoms with Gasteiger partial charge in [0.25, 0.3) is 4.84 Å². The van der Waals surface area contributed by atoms with Crippen LogP contribution in [0.25, 0.3) is 11.1 Å². The lowest BCUT2D eigenvalue weighted by Gasteiger charge is -2.26. The van der Waals surface area contributed by atoms with Gasteiger partial charge in [0.2, 0.25) is 10.0 Å². The molecule has 0 radical (unpaired) electrons. The molecule has 0 saturated heterocycles. The smallest absolute Gasteiger partial charge is 0.270 e. The van der Waals surface area contributed by atoms with Gasteiger partial charge in [-0.25, -0.2) is 12.7 Å². The van der Waals surface area contributed by atoms with Crippen molar-refractivity contribution in [3.63, 3.8) is 0 Å². The maximum absolute atomic E-state index is 12.5. The van der Waals surface area contributed by atoms with Crippen LogP contribution in [0.3, 0.4) is 0 Å². The number of sulfonamides is 1. The molecule has 0 aliphatic carbocycles. The fraction of sp³-hybridized carbons (Fsp3) is 0.611. The molecule has 1 heterocycles. The zero-order valence-corrected chi connectivity index (χ0v) is 18.0. The number of aromatic nitrogens is 1. The van der Waals surface area contributed by atoms with Crippen LogP contribution in [0, 0.1) is 16.7 Å². The Bertz CT molecular complexity index is 901. The zero-order valence-electron chi connectivity index (χ0n) is 16.4. The summed E-state index contributed by atoms with van der Waals surface area (Å²) < 4.78 is 33.7. The first-order chi connectivity index (χ1) is 12.0. The first-order valence-electron chi connectivity index (χ1n) is 8.80. The summed E-state index contributed by atoms with van der Waals surface area (Å²) in [6.45, 7) is 11.2. The molecular weight excluding hydrogens is 370 g/mol. The number of rotatable bonds is 8. The van der Waals surface area contributed by atoms with Crippen LogP contribution in [0.1, 0.15) is 27.7 Å². The Morgan fingerprint density at radius 2 is 1.69 bits per heavy atom. The molecule has 0 aliphatic rings. The van der Waals surface area contributed by atoms with Crippen molar-refractivity contribution in [1.82, 2.24) is 13.8 Å². The topological polar surface area (TPSA) is 58.7 Å². The van der Waals surface area contributed by atoms with E-state index >= 15 is 0 Å². The third kappa shape index (κ3) is 4.73. The Morgan fingerprint density at radius 1 is 1.12 bits per heavy atom. The highest BCUT2D eigenvalue weighted by Crippen LogP contribution is 2.24. The summed E-state index contributed by atoms with van der Waals surface area (Å²) in [4.78, 5) is 2.92. The Balaban J connectivity index is 2.49. The van der Waals surface area contributed by atoms with Gasteiger partial charge in [-0.3, -0.25) is 9.47 Å². The third-order valence-electron chi connectivity index (χ3n) is 4.01. The monoisotopic (exact) mass is 399 g/mol. The van der Waals surface area contributed by atoms with Crippen LogP contribution in [0.15, 0.2) is 27.5 Å². The average Bonchev–Trinajstić information content (AvgIpc) is 2.81. The van der Waals surface area contributed by atoms with Crippen molar-refractivity contribution in [2.75, 3.05) is 27.2 Å². The number of hydrogen-bond donors (Lipinski definition) is 0. The molecular formula is C18H29N3O3S2. The normalized spacial score (nSPS) is 13.0. The summed E-state index contributed by atoms with van der Waals surface area (Å²) in [5.41, 5.74) is 1.30. The van der Waals surface area contributed by atoms with Gasteiger partial charge in [0.15, 0.2) is 5.58 Å². The molecule has 26 heavy (non-hydrogen) atoms. The molecule has 2 aromatic rings. The number of oxazole rings is 1. The predicted molar refractivity (Wildman–Crippen MR) is 107 cm³/mol. The first-order valence-corrected chi connectivity index (χ1v) is 10.7. The van der Waals surface area contributed by atoms with Crippen molar-refractivity contribution in [3.05, 3.63) is 23.0 Å². The quantitative estimate of drug-likeness (QED) is 0.632. The number of benzene rings is 1. The summed E-state index contributed by atoms with van der Waals surface area (Å²) in [5, 5.41) is 0. The molecule has 0 atom stereocenters. The van der Waals surface area contributed by atoms with Gasteiger partial charge in [-0.15, -0.1) is 0 Å². The lowest BCUT2D eigenvalue weighted by molar-refractivity contribution is 0.173. The van der Waals surface area contributed by atoms with Crippen LogP contribution in [0.4, 0.5) is 0 Å². The van der Waals surface area contributed by atoms with E-state index in [1.807, 2.05) is 4.57 Å². The minimum atomic E-state index is -3.51. The highest BCUT2D eigenvalue weighted by molar-refractivity contribution is 7.89. The molecule has 0 fully saturated rings. The minimum Gasteiger partial charge on any atom is -0.429 e. The van der Waals surface area contributed by atoms with Crippen LogP contribution in [0.5, 0.6) is 0 Å². The van der Waals surface area contributed by atoms with Gasteiger partial charge in [0.05, 0.1) is 17.1 Å². The Kier molecular flexibility index (Phi) is 6.65. The van der Waals surface area contributed by atoms with E-state index in [1.165, 1.54) is 18.4 Å². The summed E-state index contributed by atoms with van der Waals surface area (Å²) in [6.07, 6.45) is 0. The molecule has 8 heteroatoms. The molecule has 0 N–H and O–H groups in total. The van der Waals surface area contributed by atoms with E-state index < -0.39 is 10.0 Å². The molecule has 146 valence electrons. The van der Waals surface area contributed by atoms with Crippen LogP contribution >= 0.6 is 12.2 Å². The number of fused-ring (bicyclic) bond motifs is 1. The molecule has 1 aromatic carbocycles. The standard InChI is InChI=1S/C18H29N3O3S2/c1-13(2)10-20(11-14(3)4)12-21-16-9-15(26(22,23)19(5)6)7-8-17(16)24-18(21)25/h7-9,13-14H,10-12H2,1-6H3. The Labute approximate surface area is 161 Å². The average molecular weight is 400 g/mol. The zero-order chi connectivity index (χ0) is 19.6. The van der Waals surface area contributed by atoms with Crippen molar-refractivity contribution in [2.45, 2.75) is 39.3 Å². The fourth-order valence-electron chi connectivity index (χ4n) is 2.97. The molecule has 0 unspecified atom stereocenters. The second-order valence-corrected chi connectivity index (χ2v) is 10.2. The van der Waals surface area contributed by atoms with E-state index in [0.717, 1.165) is 13.1 Å². The summed E-state index contributed by atoms with van der Waals surface area (Å²) in [5.74, 6) is 1.04. The SMILES string of the molecule is CC(C)CN(CC(C)C)Cn1c(=S)oc2ccc(S(=O)(=O)N(C)C)cc21. The molecule has 0 saturated carbocycles. The largest absolute Gasteiger partial charge is 0.429 e. The highest BCUT2D eigenvalue weighted by atomic mass is 32.2. The molecule has 0 bridgehead atoms. The molecule has 2 rings (SSSR count). The first kappa shape index (κ1) is 21.1. The van der Waals surface area contributed by atoms with Crippen molar-refractivity contribution >= 4 is 33.3 Å². The van der Waals surface area contributed by atoms with E-state index in [-0.39, 0.29) is 4.90 Å². The van der Waals surface area contributed by atoms with Crippen LogP contribution in [-0.2, 0) is 16.7 Å². The summed E-state index contributed by atoms with van der Waals surface area (Å²) >= 11 is 5.40. The fourth-order valence-corrected chi connectivity index (χ4v) is 4.14. The van der Waals surface area contributed by atoms with Gasteiger partial charge in [0.1, 0.15) is 0 Å². The van der Waals surface area contributed by atoms with Gasteiger partial charge < -0.3 is 4.42 Å². The third-order valence-corrected chi connectivity index (χ3v) is 6.12. The second-order valence-electron chi connectivity index (χ2n) is 7.68. The Hall–Kier alpha value is -1.22. The molecule has 0 aliphatic heterocycles. The van der Waals surface area contributed by atoms with E-state index in [2.05, 4.69) is 32.6 Å². The summed E-state index contributed by atoms with van der Waals surface area (Å²) in [7, 11) is -0.467. The predicted octanol–water partition coefficient (Wildman–Crippen LogP) is 3.79. The lowest BCUT2D eigenvalue weighted by Crippen LogP contribution is -2.33. The molecule has 0 amide bonds. The van der Waals surface area contributed by atoms with E-state index in [4.69, 9.17) is 16.6 Å². The van der Waals surface area contributed by atoms with Gasteiger partial charge in [-0.2, -0.15) is 0 Å². The second kappa shape index (κ2) is 8.21. The lowest BCUT2D eigenvalue weighted by atomic mass is 10.1. The van der Waals surface area contributed by atoms with Crippen LogP contribution < -0.4 is 0 Å². The number of nitrogens with zero attached hydrogens (tertiary/aromatic N) is 3. The van der Waals surface area contributed by atoms with Crippen molar-refractivity contribution < 1.29 is 12.8 Å². The minimum absolute atomic E-state index is 0.235. The van der Waals surface area contributed by atoms with Crippen LogP contribution in [0.2, 0.25) is 0 Å². The maximum atomic E-state index is 12.5. The van der Waals surface area contributed by atoms with Gasteiger partial charge >= 0.3 is 0 Å². The van der Waals surface area contributed by atoms with Crippen molar-refractivity contribution in [1.29, 1.82) is 0 Å². The van der Waals surface area contributed by atoms with E-state index in [0.29, 0.717) is 34.4 Å². The van der Waals surface area contributed by atoms with Crippen molar-refractivity contribution in [3.8, 4) is 0 Å². The van der Waals surface area contributed by atoms with Gasteiger partial charge in [0, 0.05) is 27.2 Å². The van der Waals surface area contributed by atoms with E-state index in [1.54, 1.807) is 18.2 Å². The highest BCUT2D eigenvalue weighted by Gasteiger charge is 2.20. The van der Waals surface area contributed by atoms with Gasteiger partial charge in [-0.05, 0) is 42.3 Å². The summed E-state index contributed by atoms with van der Waals surface area (Å²) in [6, 6.07) is 4.88. The molecule has 6 nitrogen and oxygen atoms in total. The van der Waals surface area contributed by atoms with Crippen molar-refractivity contribution in [2.24, 2.45) is 11.8 Å². The number of hydrogen-bond acceptors (Lipinski definition) is 5. The maximum Gasteiger partial charge on any atom is 0.270 e. The molecule has 1 aromatic heterocycles. The van der Waals surface area contributed by atoms with Crippen LogP contribution in [-0.4, -0.2) is 49.4 Å². The Morgan fingerprint density at radius 3 is 2.19 bits per heavy atom. The van der Waals surface area contributed by atoms with E-state index in [9.17, 15) is 8.42 Å². The van der Waals surface area contributed by atoms with Gasteiger partial charge in [-0.1, -0.05) is 27.7 Å². The molecule has 0 spiro atoms.